The predicted octanol–water partition coefficient (Wildman–Crippen LogP) is 2.39. The standard InChI is InChI=1S/C14H24N2O2/c1-6-11(4)9-12-14(15-10(2)3)18-8-7-13(17)16(12)5/h9-10,15H,6-8H2,1-5H3/b11-9+. The van der Waals surface area contributed by atoms with Crippen LogP contribution in [0.4, 0.5) is 0 Å². The van der Waals surface area contributed by atoms with Crippen LogP contribution in [0, 0.1) is 0 Å². The molecule has 4 heteroatoms. The van der Waals surface area contributed by atoms with Crippen molar-refractivity contribution in [2.75, 3.05) is 13.7 Å². The van der Waals surface area contributed by atoms with Gasteiger partial charge >= 0.3 is 0 Å². The number of nitrogens with one attached hydrogen (secondary N) is 1. The number of hydrogen-bond acceptors (Lipinski definition) is 3. The lowest BCUT2D eigenvalue weighted by Gasteiger charge is -2.21. The van der Waals surface area contributed by atoms with E-state index in [1.807, 2.05) is 6.08 Å². The molecule has 0 spiro atoms. The van der Waals surface area contributed by atoms with Crippen molar-refractivity contribution in [3.05, 3.63) is 23.2 Å². The van der Waals surface area contributed by atoms with E-state index in [0.29, 0.717) is 18.9 Å². The Labute approximate surface area is 110 Å². The number of nitrogens with zero attached hydrogens (tertiary/aromatic N) is 1. The zero-order valence-electron chi connectivity index (χ0n) is 12.0. The van der Waals surface area contributed by atoms with Gasteiger partial charge in [-0.1, -0.05) is 12.5 Å². The lowest BCUT2D eigenvalue weighted by Crippen LogP contribution is -2.29. The third-order valence-electron chi connectivity index (χ3n) is 2.89. The summed E-state index contributed by atoms with van der Waals surface area (Å²) in [6.45, 7) is 8.69. The highest BCUT2D eigenvalue weighted by atomic mass is 16.5. The molecule has 0 aliphatic carbocycles. The van der Waals surface area contributed by atoms with Gasteiger partial charge in [-0.15, -0.1) is 0 Å². The Balaban J connectivity index is 3.14. The first-order valence-corrected chi connectivity index (χ1v) is 6.53. The van der Waals surface area contributed by atoms with E-state index >= 15 is 0 Å². The summed E-state index contributed by atoms with van der Waals surface area (Å²) in [6.07, 6.45) is 3.40. The van der Waals surface area contributed by atoms with Gasteiger partial charge in [0.15, 0.2) is 0 Å². The minimum atomic E-state index is 0.0886. The summed E-state index contributed by atoms with van der Waals surface area (Å²) in [4.78, 5) is 13.6. The molecule has 1 amide bonds. The fourth-order valence-corrected chi connectivity index (χ4v) is 1.64. The number of carbonyl (C=O) groups excluding carboxylic acids is 1. The Kier molecular flexibility index (Phi) is 5.25. The number of allylic oxidation sites excluding steroid dienone is 2. The molecule has 0 bridgehead atoms. The lowest BCUT2D eigenvalue weighted by molar-refractivity contribution is -0.128. The van der Waals surface area contributed by atoms with Gasteiger partial charge in [0, 0.05) is 13.1 Å². The maximum atomic E-state index is 11.9. The van der Waals surface area contributed by atoms with Gasteiger partial charge in [0.1, 0.15) is 5.70 Å². The van der Waals surface area contributed by atoms with Crippen molar-refractivity contribution in [3.63, 3.8) is 0 Å². The van der Waals surface area contributed by atoms with Crippen molar-refractivity contribution in [2.24, 2.45) is 0 Å². The monoisotopic (exact) mass is 252 g/mol. The first-order chi connectivity index (χ1) is 8.45. The molecule has 1 heterocycles. The highest BCUT2D eigenvalue weighted by Gasteiger charge is 2.21. The number of likely N-dealkylation sites (N-methyl/N-ethyl adjacent to an activating group) is 1. The molecule has 0 saturated heterocycles. The Morgan fingerprint density at radius 1 is 1.56 bits per heavy atom. The maximum absolute atomic E-state index is 11.9. The SMILES string of the molecule is CC/C(C)=C/C1=C(NC(C)C)OCCC(=O)N1C. The number of rotatable bonds is 4. The number of amides is 1. The van der Waals surface area contributed by atoms with Crippen LogP contribution < -0.4 is 5.32 Å². The summed E-state index contributed by atoms with van der Waals surface area (Å²) >= 11 is 0. The minimum Gasteiger partial charge on any atom is -0.477 e. The Morgan fingerprint density at radius 3 is 2.78 bits per heavy atom. The molecule has 0 atom stereocenters. The van der Waals surface area contributed by atoms with Crippen LogP contribution >= 0.6 is 0 Å². The molecule has 1 aliphatic rings. The van der Waals surface area contributed by atoms with Gasteiger partial charge in [-0.05, 0) is 33.3 Å². The summed E-state index contributed by atoms with van der Waals surface area (Å²) < 4.78 is 5.67. The molecule has 0 fully saturated rings. The van der Waals surface area contributed by atoms with E-state index in [4.69, 9.17) is 4.74 Å². The molecule has 0 aromatic carbocycles. The fourth-order valence-electron chi connectivity index (χ4n) is 1.64. The van der Waals surface area contributed by atoms with Crippen LogP contribution in [0.2, 0.25) is 0 Å². The highest BCUT2D eigenvalue weighted by molar-refractivity contribution is 5.78. The summed E-state index contributed by atoms with van der Waals surface area (Å²) in [5.74, 6) is 0.789. The molecule has 0 radical (unpaired) electrons. The van der Waals surface area contributed by atoms with Crippen LogP contribution in [0.1, 0.15) is 40.5 Å². The number of ether oxygens (including phenoxy) is 1. The molecule has 1 rings (SSSR count). The van der Waals surface area contributed by atoms with Crippen LogP contribution in [0.15, 0.2) is 23.2 Å². The average molecular weight is 252 g/mol. The molecule has 18 heavy (non-hydrogen) atoms. The summed E-state index contributed by atoms with van der Waals surface area (Å²) in [5.41, 5.74) is 2.05. The van der Waals surface area contributed by atoms with Gasteiger partial charge < -0.3 is 15.0 Å². The molecule has 0 saturated carbocycles. The third-order valence-corrected chi connectivity index (χ3v) is 2.89. The van der Waals surface area contributed by atoms with Crippen LogP contribution in [0.5, 0.6) is 0 Å². The second-order valence-corrected chi connectivity index (χ2v) is 4.91. The summed E-state index contributed by atoms with van der Waals surface area (Å²) in [7, 11) is 1.80. The molecular weight excluding hydrogens is 228 g/mol. The van der Waals surface area contributed by atoms with Crippen molar-refractivity contribution < 1.29 is 9.53 Å². The first kappa shape index (κ1) is 14.6. The molecule has 1 aliphatic heterocycles. The van der Waals surface area contributed by atoms with Crippen molar-refractivity contribution in [3.8, 4) is 0 Å². The third kappa shape index (κ3) is 3.79. The van der Waals surface area contributed by atoms with E-state index in [-0.39, 0.29) is 11.9 Å². The van der Waals surface area contributed by atoms with Crippen molar-refractivity contribution in [1.82, 2.24) is 10.2 Å². The fraction of sp³-hybridized carbons (Fsp3) is 0.643. The number of carbonyl (C=O) groups is 1. The topological polar surface area (TPSA) is 41.6 Å². The molecule has 4 nitrogen and oxygen atoms in total. The molecule has 0 unspecified atom stereocenters. The maximum Gasteiger partial charge on any atom is 0.230 e. The van der Waals surface area contributed by atoms with Crippen molar-refractivity contribution in [1.29, 1.82) is 0 Å². The molecule has 0 aromatic rings. The zero-order valence-corrected chi connectivity index (χ0v) is 12.0. The molecular formula is C14H24N2O2. The second kappa shape index (κ2) is 6.47. The van der Waals surface area contributed by atoms with Gasteiger partial charge in [0.25, 0.3) is 0 Å². The average Bonchev–Trinajstić information content (AvgIpc) is 2.43. The van der Waals surface area contributed by atoms with Crippen LogP contribution in [-0.2, 0) is 9.53 Å². The highest BCUT2D eigenvalue weighted by Crippen LogP contribution is 2.18. The number of hydrogen-bond donors (Lipinski definition) is 1. The quantitative estimate of drug-likeness (QED) is 0.835. The second-order valence-electron chi connectivity index (χ2n) is 4.91. The normalized spacial score (nSPS) is 18.0. The Hall–Kier alpha value is -1.45. The zero-order chi connectivity index (χ0) is 13.7. The minimum absolute atomic E-state index is 0.0886. The Bertz CT molecular complexity index is 370. The summed E-state index contributed by atoms with van der Waals surface area (Å²) in [5, 5.41) is 3.27. The van der Waals surface area contributed by atoms with Crippen LogP contribution in [0.25, 0.3) is 0 Å². The van der Waals surface area contributed by atoms with Crippen LogP contribution in [0.3, 0.4) is 0 Å². The Morgan fingerprint density at radius 2 is 2.22 bits per heavy atom. The molecule has 102 valence electrons. The lowest BCUT2D eigenvalue weighted by atomic mass is 10.2. The van der Waals surface area contributed by atoms with E-state index < -0.39 is 0 Å². The van der Waals surface area contributed by atoms with Gasteiger partial charge in [-0.2, -0.15) is 0 Å². The van der Waals surface area contributed by atoms with Crippen LogP contribution in [-0.4, -0.2) is 30.5 Å². The largest absolute Gasteiger partial charge is 0.477 e. The van der Waals surface area contributed by atoms with E-state index in [1.54, 1.807) is 11.9 Å². The van der Waals surface area contributed by atoms with E-state index in [0.717, 1.165) is 12.1 Å². The van der Waals surface area contributed by atoms with E-state index in [2.05, 4.69) is 33.0 Å². The van der Waals surface area contributed by atoms with E-state index in [1.165, 1.54) is 5.57 Å². The van der Waals surface area contributed by atoms with Gasteiger partial charge in [-0.3, -0.25) is 4.79 Å². The van der Waals surface area contributed by atoms with Gasteiger partial charge in [0.2, 0.25) is 11.8 Å². The van der Waals surface area contributed by atoms with Gasteiger partial charge in [-0.25, -0.2) is 0 Å². The van der Waals surface area contributed by atoms with Crippen molar-refractivity contribution in [2.45, 2.75) is 46.6 Å². The first-order valence-electron chi connectivity index (χ1n) is 6.53. The summed E-state index contributed by atoms with van der Waals surface area (Å²) in [6, 6.07) is 0.270. The van der Waals surface area contributed by atoms with E-state index in [9.17, 15) is 4.79 Å². The molecule has 1 N–H and O–H groups in total. The van der Waals surface area contributed by atoms with Crippen molar-refractivity contribution >= 4 is 5.91 Å². The smallest absolute Gasteiger partial charge is 0.230 e. The van der Waals surface area contributed by atoms with Gasteiger partial charge in [0.05, 0.1) is 13.0 Å². The molecule has 0 aromatic heterocycles. The predicted molar refractivity (Wildman–Crippen MR) is 72.7 cm³/mol.